The molecule has 0 aliphatic heterocycles. The summed E-state index contributed by atoms with van der Waals surface area (Å²) in [4.78, 5) is 15.0. The molecule has 0 saturated heterocycles. The van der Waals surface area contributed by atoms with Gasteiger partial charge < -0.3 is 15.5 Å². The number of fused-ring (bicyclic) bond motifs is 1. The van der Waals surface area contributed by atoms with Crippen molar-refractivity contribution in [2.24, 2.45) is 0 Å². The lowest BCUT2D eigenvalue weighted by atomic mass is 10.3. The molecule has 7 heteroatoms. The van der Waals surface area contributed by atoms with Crippen molar-refractivity contribution >= 4 is 28.5 Å². The number of hydrogen-bond donors (Lipinski definition) is 2. The standard InChI is InChI=1S/C11H8ClN5O/c12-7-3-6(1-2-8(7)13)18-11-9-10(15-4-14-9)16-5-17-11/h1-5H,13H2,(H,14,15,16,17). The fourth-order valence-electron chi connectivity index (χ4n) is 1.50. The molecule has 2 aromatic heterocycles. The molecular formula is C11H8ClN5O. The maximum atomic E-state index is 5.92. The molecule has 0 saturated carbocycles. The molecule has 0 unspecified atom stereocenters. The van der Waals surface area contributed by atoms with Crippen LogP contribution in [0.5, 0.6) is 11.6 Å². The number of H-pyrrole nitrogens is 1. The molecule has 6 nitrogen and oxygen atoms in total. The number of aromatic amines is 1. The molecule has 1 aromatic carbocycles. The van der Waals surface area contributed by atoms with E-state index in [1.54, 1.807) is 18.2 Å². The molecule has 0 radical (unpaired) electrons. The zero-order chi connectivity index (χ0) is 12.5. The quantitative estimate of drug-likeness (QED) is 0.691. The summed E-state index contributed by atoms with van der Waals surface area (Å²) in [6.07, 6.45) is 2.92. The summed E-state index contributed by atoms with van der Waals surface area (Å²) in [5.41, 5.74) is 7.30. The van der Waals surface area contributed by atoms with Gasteiger partial charge in [0.25, 0.3) is 0 Å². The lowest BCUT2D eigenvalue weighted by molar-refractivity contribution is 0.467. The lowest BCUT2D eigenvalue weighted by Crippen LogP contribution is -1.92. The van der Waals surface area contributed by atoms with Crippen LogP contribution in [0.1, 0.15) is 0 Å². The summed E-state index contributed by atoms with van der Waals surface area (Å²) < 4.78 is 5.62. The molecule has 0 fully saturated rings. The van der Waals surface area contributed by atoms with Crippen LogP contribution < -0.4 is 10.5 Å². The number of nitrogens with two attached hydrogens (primary N) is 1. The molecular weight excluding hydrogens is 254 g/mol. The van der Waals surface area contributed by atoms with Crippen LogP contribution >= 0.6 is 11.6 Å². The Morgan fingerprint density at radius 2 is 2.11 bits per heavy atom. The molecule has 2 heterocycles. The largest absolute Gasteiger partial charge is 0.437 e. The van der Waals surface area contributed by atoms with Gasteiger partial charge in [-0.25, -0.2) is 9.97 Å². The first-order valence-electron chi connectivity index (χ1n) is 5.11. The number of anilines is 1. The van der Waals surface area contributed by atoms with Crippen molar-refractivity contribution in [3.8, 4) is 11.6 Å². The van der Waals surface area contributed by atoms with E-state index in [9.17, 15) is 0 Å². The van der Waals surface area contributed by atoms with Gasteiger partial charge in [-0.15, -0.1) is 0 Å². The van der Waals surface area contributed by atoms with Crippen LogP contribution in [0.15, 0.2) is 30.9 Å². The van der Waals surface area contributed by atoms with E-state index >= 15 is 0 Å². The third kappa shape index (κ3) is 1.82. The number of halogens is 1. The van der Waals surface area contributed by atoms with Gasteiger partial charge in [0, 0.05) is 6.07 Å². The minimum absolute atomic E-state index is 0.387. The summed E-state index contributed by atoms with van der Waals surface area (Å²) in [5, 5.41) is 0.433. The zero-order valence-corrected chi connectivity index (χ0v) is 9.85. The van der Waals surface area contributed by atoms with E-state index in [0.717, 1.165) is 0 Å². The van der Waals surface area contributed by atoms with Crippen molar-refractivity contribution in [2.75, 3.05) is 5.73 Å². The van der Waals surface area contributed by atoms with E-state index in [4.69, 9.17) is 22.1 Å². The summed E-state index contributed by atoms with van der Waals surface area (Å²) in [5.74, 6) is 0.933. The molecule has 3 aromatic rings. The van der Waals surface area contributed by atoms with E-state index in [-0.39, 0.29) is 0 Å². The number of rotatable bonds is 2. The fourth-order valence-corrected chi connectivity index (χ4v) is 1.67. The summed E-state index contributed by atoms with van der Waals surface area (Å²) in [6, 6.07) is 5.01. The van der Waals surface area contributed by atoms with Gasteiger partial charge in [-0.05, 0) is 12.1 Å². The minimum atomic E-state index is 0.387. The highest BCUT2D eigenvalue weighted by Crippen LogP contribution is 2.29. The fraction of sp³-hybridized carbons (Fsp3) is 0. The van der Waals surface area contributed by atoms with Crippen LogP contribution in [0, 0.1) is 0 Å². The highest BCUT2D eigenvalue weighted by Gasteiger charge is 2.08. The van der Waals surface area contributed by atoms with Crippen molar-refractivity contribution in [1.82, 2.24) is 19.9 Å². The normalized spacial score (nSPS) is 10.7. The number of nitrogens with one attached hydrogen (secondary N) is 1. The van der Waals surface area contributed by atoms with Crippen LogP contribution in [-0.2, 0) is 0 Å². The van der Waals surface area contributed by atoms with Crippen LogP contribution in [0.2, 0.25) is 5.02 Å². The topological polar surface area (TPSA) is 89.7 Å². The molecule has 18 heavy (non-hydrogen) atoms. The van der Waals surface area contributed by atoms with Gasteiger partial charge in [0.05, 0.1) is 17.0 Å². The van der Waals surface area contributed by atoms with Gasteiger partial charge in [-0.3, -0.25) is 0 Å². The molecule has 0 bridgehead atoms. The van der Waals surface area contributed by atoms with Crippen LogP contribution in [-0.4, -0.2) is 19.9 Å². The number of hydrogen-bond acceptors (Lipinski definition) is 5. The molecule has 0 atom stereocenters. The maximum Gasteiger partial charge on any atom is 0.248 e. The molecule has 0 spiro atoms. The second-order valence-electron chi connectivity index (χ2n) is 3.57. The number of nitrogen functional groups attached to an aromatic ring is 1. The number of nitrogens with zero attached hydrogens (tertiary/aromatic N) is 3. The Bertz CT molecular complexity index is 711. The van der Waals surface area contributed by atoms with E-state index in [0.29, 0.717) is 33.5 Å². The van der Waals surface area contributed by atoms with Crippen molar-refractivity contribution in [1.29, 1.82) is 0 Å². The summed E-state index contributed by atoms with van der Waals surface area (Å²) in [7, 11) is 0. The second kappa shape index (κ2) is 4.15. The van der Waals surface area contributed by atoms with Crippen LogP contribution in [0.3, 0.4) is 0 Å². The SMILES string of the molecule is Nc1ccc(Oc2ncnc3nc[nH]c23)cc1Cl. The zero-order valence-electron chi connectivity index (χ0n) is 9.09. The van der Waals surface area contributed by atoms with Gasteiger partial charge in [0.15, 0.2) is 5.65 Å². The van der Waals surface area contributed by atoms with Crippen LogP contribution in [0.25, 0.3) is 11.2 Å². The predicted molar refractivity (Wildman–Crippen MR) is 67.6 cm³/mol. The van der Waals surface area contributed by atoms with Crippen molar-refractivity contribution in [3.63, 3.8) is 0 Å². The Hall–Kier alpha value is -2.34. The molecule has 0 amide bonds. The third-order valence-electron chi connectivity index (χ3n) is 2.37. The highest BCUT2D eigenvalue weighted by atomic mass is 35.5. The van der Waals surface area contributed by atoms with E-state index in [1.165, 1.54) is 12.7 Å². The first kappa shape index (κ1) is 10.8. The summed E-state index contributed by atoms with van der Waals surface area (Å²) >= 11 is 5.92. The molecule has 0 aliphatic carbocycles. The van der Waals surface area contributed by atoms with Crippen molar-refractivity contribution < 1.29 is 4.74 Å². The molecule has 0 aliphatic rings. The third-order valence-corrected chi connectivity index (χ3v) is 2.70. The Kier molecular flexibility index (Phi) is 2.49. The molecule has 3 N–H and O–H groups in total. The first-order chi connectivity index (χ1) is 8.74. The Morgan fingerprint density at radius 1 is 1.22 bits per heavy atom. The van der Waals surface area contributed by atoms with Crippen molar-refractivity contribution in [3.05, 3.63) is 35.9 Å². The van der Waals surface area contributed by atoms with Crippen molar-refractivity contribution in [2.45, 2.75) is 0 Å². The lowest BCUT2D eigenvalue weighted by Gasteiger charge is -2.06. The molecule has 3 rings (SSSR count). The average molecular weight is 262 g/mol. The minimum Gasteiger partial charge on any atom is -0.437 e. The van der Waals surface area contributed by atoms with Gasteiger partial charge >= 0.3 is 0 Å². The number of aromatic nitrogens is 4. The Morgan fingerprint density at radius 3 is 2.94 bits per heavy atom. The Labute approximate surface area is 107 Å². The number of imidazole rings is 1. The average Bonchev–Trinajstić information content (AvgIpc) is 2.83. The van der Waals surface area contributed by atoms with E-state index in [1.807, 2.05) is 0 Å². The second-order valence-corrected chi connectivity index (χ2v) is 3.97. The number of ether oxygens (including phenoxy) is 1. The number of benzene rings is 1. The van der Waals surface area contributed by atoms with E-state index < -0.39 is 0 Å². The van der Waals surface area contributed by atoms with Gasteiger partial charge in [0.1, 0.15) is 17.6 Å². The maximum absolute atomic E-state index is 5.92. The van der Waals surface area contributed by atoms with Gasteiger partial charge in [0.2, 0.25) is 5.88 Å². The summed E-state index contributed by atoms with van der Waals surface area (Å²) in [6.45, 7) is 0. The van der Waals surface area contributed by atoms with Crippen LogP contribution in [0.4, 0.5) is 5.69 Å². The van der Waals surface area contributed by atoms with Gasteiger partial charge in [-0.2, -0.15) is 4.98 Å². The molecule has 90 valence electrons. The predicted octanol–water partition coefficient (Wildman–Crippen LogP) is 2.38. The highest BCUT2D eigenvalue weighted by molar-refractivity contribution is 6.33. The smallest absolute Gasteiger partial charge is 0.248 e. The first-order valence-corrected chi connectivity index (χ1v) is 5.49. The monoisotopic (exact) mass is 261 g/mol. The van der Waals surface area contributed by atoms with E-state index in [2.05, 4.69) is 19.9 Å². The Balaban J connectivity index is 2.01. The van der Waals surface area contributed by atoms with Gasteiger partial charge in [-0.1, -0.05) is 11.6 Å².